The van der Waals surface area contributed by atoms with E-state index in [2.05, 4.69) is 11.8 Å². The number of halogens is 1. The van der Waals surface area contributed by atoms with Crippen molar-refractivity contribution >= 4 is 5.69 Å². The summed E-state index contributed by atoms with van der Waals surface area (Å²) in [5, 5.41) is 0. The predicted molar refractivity (Wildman–Crippen MR) is 69.7 cm³/mol. The predicted octanol–water partition coefficient (Wildman–Crippen LogP) is 3.22. The summed E-state index contributed by atoms with van der Waals surface area (Å²) in [6.45, 7) is 5.19. The summed E-state index contributed by atoms with van der Waals surface area (Å²) in [5.74, 6) is -0.203. The first-order chi connectivity index (χ1) is 8.09. The van der Waals surface area contributed by atoms with E-state index in [0.717, 1.165) is 17.8 Å². The molecule has 1 fully saturated rings. The lowest BCUT2D eigenvalue weighted by Crippen LogP contribution is -2.38. The van der Waals surface area contributed by atoms with Crippen molar-refractivity contribution in [2.75, 3.05) is 11.4 Å². The highest BCUT2D eigenvalue weighted by atomic mass is 19.1. The molecule has 1 heterocycles. The standard InChI is InChI=1S/C14H21FN2/c1-10-5-3-4-8-17(10)14-7-6-12(15)9-13(14)11(2)16/h6-7,9-11H,3-5,8,16H2,1-2H3. The minimum absolute atomic E-state index is 0.130. The minimum atomic E-state index is -0.203. The number of anilines is 1. The number of hydrogen-bond donors (Lipinski definition) is 1. The fourth-order valence-corrected chi connectivity index (χ4v) is 2.61. The number of nitrogens with zero attached hydrogens (tertiary/aromatic N) is 1. The van der Waals surface area contributed by atoms with Crippen molar-refractivity contribution in [3.8, 4) is 0 Å². The normalized spacial score (nSPS) is 22.6. The lowest BCUT2D eigenvalue weighted by molar-refractivity contribution is 0.482. The zero-order chi connectivity index (χ0) is 12.4. The van der Waals surface area contributed by atoms with Crippen LogP contribution in [-0.4, -0.2) is 12.6 Å². The highest BCUT2D eigenvalue weighted by molar-refractivity contribution is 5.56. The lowest BCUT2D eigenvalue weighted by atomic mass is 9.99. The Morgan fingerprint density at radius 3 is 2.82 bits per heavy atom. The average Bonchev–Trinajstić information content (AvgIpc) is 2.30. The quantitative estimate of drug-likeness (QED) is 0.854. The molecule has 17 heavy (non-hydrogen) atoms. The van der Waals surface area contributed by atoms with Gasteiger partial charge in [0.25, 0.3) is 0 Å². The highest BCUT2D eigenvalue weighted by Gasteiger charge is 2.22. The average molecular weight is 236 g/mol. The van der Waals surface area contributed by atoms with Gasteiger partial charge in [-0.1, -0.05) is 0 Å². The molecular weight excluding hydrogens is 215 g/mol. The third kappa shape index (κ3) is 2.60. The molecule has 0 aliphatic carbocycles. The largest absolute Gasteiger partial charge is 0.369 e. The Morgan fingerprint density at radius 1 is 1.41 bits per heavy atom. The molecule has 1 aliphatic rings. The molecule has 2 nitrogen and oxygen atoms in total. The summed E-state index contributed by atoms with van der Waals surface area (Å²) in [6, 6.07) is 5.36. The lowest BCUT2D eigenvalue weighted by Gasteiger charge is -2.37. The summed E-state index contributed by atoms with van der Waals surface area (Å²) >= 11 is 0. The maximum atomic E-state index is 13.3. The zero-order valence-electron chi connectivity index (χ0n) is 10.6. The maximum Gasteiger partial charge on any atom is 0.123 e. The van der Waals surface area contributed by atoms with Crippen LogP contribution in [0.5, 0.6) is 0 Å². The molecule has 0 radical (unpaired) electrons. The van der Waals surface area contributed by atoms with Crippen LogP contribution in [0.1, 0.15) is 44.7 Å². The molecule has 2 N–H and O–H groups in total. The SMILES string of the molecule is CC(N)c1cc(F)ccc1N1CCCCC1C. The molecule has 1 aromatic carbocycles. The van der Waals surface area contributed by atoms with E-state index in [9.17, 15) is 4.39 Å². The first-order valence-corrected chi connectivity index (χ1v) is 6.41. The summed E-state index contributed by atoms with van der Waals surface area (Å²) in [4.78, 5) is 2.36. The van der Waals surface area contributed by atoms with Gasteiger partial charge in [-0.25, -0.2) is 4.39 Å². The van der Waals surface area contributed by atoms with Gasteiger partial charge in [0.05, 0.1) is 0 Å². The Hall–Kier alpha value is -1.09. The Morgan fingerprint density at radius 2 is 2.18 bits per heavy atom. The van der Waals surface area contributed by atoms with Crippen molar-refractivity contribution in [1.82, 2.24) is 0 Å². The third-order valence-corrected chi connectivity index (χ3v) is 3.59. The molecule has 1 aliphatic heterocycles. The van der Waals surface area contributed by atoms with Gasteiger partial charge < -0.3 is 10.6 Å². The number of nitrogens with two attached hydrogens (primary N) is 1. The van der Waals surface area contributed by atoms with E-state index in [1.54, 1.807) is 6.07 Å². The Bertz CT molecular complexity index is 390. The van der Waals surface area contributed by atoms with Crippen LogP contribution in [0.4, 0.5) is 10.1 Å². The molecule has 0 spiro atoms. The second-order valence-electron chi connectivity index (χ2n) is 5.03. The third-order valence-electron chi connectivity index (χ3n) is 3.59. The van der Waals surface area contributed by atoms with Crippen LogP contribution in [0.25, 0.3) is 0 Å². The van der Waals surface area contributed by atoms with Gasteiger partial charge in [-0.2, -0.15) is 0 Å². The van der Waals surface area contributed by atoms with Crippen molar-refractivity contribution in [1.29, 1.82) is 0 Å². The number of benzene rings is 1. The monoisotopic (exact) mass is 236 g/mol. The van der Waals surface area contributed by atoms with Gasteiger partial charge in [-0.05, 0) is 56.9 Å². The Kier molecular flexibility index (Phi) is 3.67. The number of hydrogen-bond acceptors (Lipinski definition) is 2. The molecule has 0 bridgehead atoms. The van der Waals surface area contributed by atoms with Crippen LogP contribution in [0.2, 0.25) is 0 Å². The molecule has 94 valence electrons. The molecule has 1 aromatic rings. The van der Waals surface area contributed by atoms with Gasteiger partial charge >= 0.3 is 0 Å². The topological polar surface area (TPSA) is 29.3 Å². The van der Waals surface area contributed by atoms with E-state index in [-0.39, 0.29) is 11.9 Å². The van der Waals surface area contributed by atoms with Crippen LogP contribution in [0, 0.1) is 5.82 Å². The first-order valence-electron chi connectivity index (χ1n) is 6.41. The van der Waals surface area contributed by atoms with E-state index in [4.69, 9.17) is 5.73 Å². The molecule has 2 atom stereocenters. The molecule has 0 amide bonds. The van der Waals surface area contributed by atoms with Crippen molar-refractivity contribution in [3.05, 3.63) is 29.6 Å². The van der Waals surface area contributed by atoms with Gasteiger partial charge in [0.15, 0.2) is 0 Å². The van der Waals surface area contributed by atoms with E-state index < -0.39 is 0 Å². The Balaban J connectivity index is 2.36. The summed E-state index contributed by atoms with van der Waals surface area (Å²) < 4.78 is 13.3. The Labute approximate surface area is 103 Å². The second-order valence-corrected chi connectivity index (χ2v) is 5.03. The highest BCUT2D eigenvalue weighted by Crippen LogP contribution is 2.31. The first kappa shape index (κ1) is 12.4. The molecule has 2 rings (SSSR count). The van der Waals surface area contributed by atoms with Crippen LogP contribution in [-0.2, 0) is 0 Å². The van der Waals surface area contributed by atoms with Crippen molar-refractivity contribution in [2.24, 2.45) is 5.73 Å². The number of rotatable bonds is 2. The van der Waals surface area contributed by atoms with Crippen LogP contribution in [0.3, 0.4) is 0 Å². The van der Waals surface area contributed by atoms with E-state index >= 15 is 0 Å². The van der Waals surface area contributed by atoms with Gasteiger partial charge in [-0.3, -0.25) is 0 Å². The van der Waals surface area contributed by atoms with Gasteiger partial charge in [0.1, 0.15) is 5.82 Å². The maximum absolute atomic E-state index is 13.3. The molecule has 1 saturated heterocycles. The van der Waals surface area contributed by atoms with Crippen molar-refractivity contribution in [3.63, 3.8) is 0 Å². The molecule has 0 saturated carbocycles. The number of piperidine rings is 1. The summed E-state index contributed by atoms with van der Waals surface area (Å²) in [7, 11) is 0. The smallest absolute Gasteiger partial charge is 0.123 e. The van der Waals surface area contributed by atoms with Crippen LogP contribution >= 0.6 is 0 Å². The van der Waals surface area contributed by atoms with Crippen molar-refractivity contribution < 1.29 is 4.39 Å². The van der Waals surface area contributed by atoms with Gasteiger partial charge in [0.2, 0.25) is 0 Å². The minimum Gasteiger partial charge on any atom is -0.369 e. The summed E-state index contributed by atoms with van der Waals surface area (Å²) in [6.07, 6.45) is 3.70. The van der Waals surface area contributed by atoms with Crippen LogP contribution < -0.4 is 10.6 Å². The molecular formula is C14H21FN2. The second kappa shape index (κ2) is 5.05. The molecule has 2 unspecified atom stereocenters. The van der Waals surface area contributed by atoms with E-state index in [1.807, 2.05) is 13.0 Å². The molecule has 0 aromatic heterocycles. The fourth-order valence-electron chi connectivity index (χ4n) is 2.61. The zero-order valence-corrected chi connectivity index (χ0v) is 10.6. The van der Waals surface area contributed by atoms with E-state index in [1.165, 1.54) is 25.3 Å². The van der Waals surface area contributed by atoms with Gasteiger partial charge in [0, 0.05) is 24.3 Å². The van der Waals surface area contributed by atoms with Crippen LogP contribution in [0.15, 0.2) is 18.2 Å². The van der Waals surface area contributed by atoms with Gasteiger partial charge in [-0.15, -0.1) is 0 Å². The van der Waals surface area contributed by atoms with E-state index in [0.29, 0.717) is 6.04 Å². The van der Waals surface area contributed by atoms with Crippen molar-refractivity contribution in [2.45, 2.75) is 45.2 Å². The summed E-state index contributed by atoms with van der Waals surface area (Å²) in [5.41, 5.74) is 7.96. The fraction of sp³-hybridized carbons (Fsp3) is 0.571. The molecule has 3 heteroatoms.